The number of aromatic nitrogens is 1. The maximum absolute atomic E-state index is 14.2. The Labute approximate surface area is 157 Å². The van der Waals surface area contributed by atoms with Crippen LogP contribution >= 0.6 is 11.6 Å². The third kappa shape index (κ3) is 3.80. The van der Waals surface area contributed by atoms with E-state index in [0.717, 1.165) is 0 Å². The SMILES string of the molecule is Cc1onc(-c2c(F)cccc2Cl)c1C(=O)OCc1ccc([N+](=O)[O-])cc1. The van der Waals surface area contributed by atoms with Crippen molar-refractivity contribution in [3.63, 3.8) is 0 Å². The number of hydrogen-bond acceptors (Lipinski definition) is 6. The highest BCUT2D eigenvalue weighted by atomic mass is 35.5. The van der Waals surface area contributed by atoms with E-state index in [0.29, 0.717) is 5.56 Å². The fourth-order valence-corrected chi connectivity index (χ4v) is 2.69. The smallest absolute Gasteiger partial charge is 0.344 e. The van der Waals surface area contributed by atoms with E-state index in [1.165, 1.54) is 49.4 Å². The molecular weight excluding hydrogens is 379 g/mol. The van der Waals surface area contributed by atoms with Gasteiger partial charge in [0.05, 0.1) is 15.5 Å². The van der Waals surface area contributed by atoms with Crippen LogP contribution in [0.4, 0.5) is 10.1 Å². The number of rotatable bonds is 5. The van der Waals surface area contributed by atoms with Crippen molar-refractivity contribution in [2.45, 2.75) is 13.5 Å². The van der Waals surface area contributed by atoms with Gasteiger partial charge in [0.15, 0.2) is 0 Å². The number of nitro benzene ring substituents is 1. The van der Waals surface area contributed by atoms with Gasteiger partial charge in [-0.2, -0.15) is 0 Å². The van der Waals surface area contributed by atoms with Crippen LogP contribution in [0.3, 0.4) is 0 Å². The number of nitro groups is 1. The first kappa shape index (κ1) is 18.5. The minimum absolute atomic E-state index is 0.0380. The Hall–Kier alpha value is -3.26. The topological polar surface area (TPSA) is 95.5 Å². The van der Waals surface area contributed by atoms with Crippen LogP contribution in [0.15, 0.2) is 47.0 Å². The molecule has 0 saturated carbocycles. The molecule has 0 atom stereocenters. The first-order valence-corrected chi connectivity index (χ1v) is 8.07. The van der Waals surface area contributed by atoms with Crippen LogP contribution < -0.4 is 0 Å². The Kier molecular flexibility index (Phi) is 5.18. The minimum Gasteiger partial charge on any atom is -0.457 e. The van der Waals surface area contributed by atoms with Gasteiger partial charge in [0.2, 0.25) is 0 Å². The van der Waals surface area contributed by atoms with E-state index in [1.807, 2.05) is 0 Å². The Bertz CT molecular complexity index is 997. The highest BCUT2D eigenvalue weighted by Gasteiger charge is 2.26. The van der Waals surface area contributed by atoms with Crippen molar-refractivity contribution in [1.29, 1.82) is 0 Å². The summed E-state index contributed by atoms with van der Waals surface area (Å²) in [7, 11) is 0. The summed E-state index contributed by atoms with van der Waals surface area (Å²) in [6, 6.07) is 9.64. The van der Waals surface area contributed by atoms with Gasteiger partial charge in [-0.3, -0.25) is 10.1 Å². The van der Waals surface area contributed by atoms with E-state index in [4.69, 9.17) is 20.9 Å². The molecule has 0 aliphatic heterocycles. The van der Waals surface area contributed by atoms with Crippen molar-refractivity contribution < 1.29 is 23.4 Å². The summed E-state index contributed by atoms with van der Waals surface area (Å²) >= 11 is 6.03. The molecule has 0 aliphatic rings. The normalized spacial score (nSPS) is 10.6. The van der Waals surface area contributed by atoms with Crippen molar-refractivity contribution in [1.82, 2.24) is 5.16 Å². The number of halogens is 2. The molecule has 3 rings (SSSR count). The highest BCUT2D eigenvalue weighted by Crippen LogP contribution is 2.33. The van der Waals surface area contributed by atoms with Crippen molar-refractivity contribution in [2.75, 3.05) is 0 Å². The molecule has 0 radical (unpaired) electrons. The average Bonchev–Trinajstić information content (AvgIpc) is 3.01. The summed E-state index contributed by atoms with van der Waals surface area (Å²) in [5.74, 6) is -1.28. The Morgan fingerprint density at radius 2 is 2.00 bits per heavy atom. The number of aryl methyl sites for hydroxylation is 1. The second-order valence-corrected chi connectivity index (χ2v) is 5.97. The van der Waals surface area contributed by atoms with Crippen LogP contribution in [0.5, 0.6) is 0 Å². The quantitative estimate of drug-likeness (QED) is 0.355. The Morgan fingerprint density at radius 3 is 2.63 bits per heavy atom. The molecule has 27 heavy (non-hydrogen) atoms. The van der Waals surface area contributed by atoms with Crippen molar-refractivity contribution in [2.24, 2.45) is 0 Å². The molecule has 0 amide bonds. The number of ether oxygens (including phenoxy) is 1. The zero-order chi connectivity index (χ0) is 19.6. The molecule has 0 N–H and O–H groups in total. The number of benzene rings is 2. The van der Waals surface area contributed by atoms with Crippen LogP contribution in [0.1, 0.15) is 21.7 Å². The van der Waals surface area contributed by atoms with Gasteiger partial charge in [0.1, 0.15) is 29.4 Å². The van der Waals surface area contributed by atoms with Gasteiger partial charge in [0, 0.05) is 12.1 Å². The lowest BCUT2D eigenvalue weighted by atomic mass is 10.1. The number of carbonyl (C=O) groups is 1. The molecule has 3 aromatic rings. The molecule has 0 aliphatic carbocycles. The zero-order valence-electron chi connectivity index (χ0n) is 13.9. The van der Waals surface area contributed by atoms with Crippen LogP contribution in [-0.2, 0) is 11.3 Å². The predicted octanol–water partition coefficient (Wildman–Crippen LogP) is 4.71. The van der Waals surface area contributed by atoms with E-state index in [1.54, 1.807) is 0 Å². The largest absolute Gasteiger partial charge is 0.457 e. The maximum Gasteiger partial charge on any atom is 0.344 e. The van der Waals surface area contributed by atoms with Gasteiger partial charge >= 0.3 is 5.97 Å². The molecule has 0 fully saturated rings. The van der Waals surface area contributed by atoms with Gasteiger partial charge in [-0.15, -0.1) is 0 Å². The van der Waals surface area contributed by atoms with Gasteiger partial charge in [0.25, 0.3) is 5.69 Å². The van der Waals surface area contributed by atoms with Crippen LogP contribution in [0.25, 0.3) is 11.3 Å². The highest BCUT2D eigenvalue weighted by molar-refractivity contribution is 6.33. The first-order valence-electron chi connectivity index (χ1n) is 7.69. The fraction of sp³-hybridized carbons (Fsp3) is 0.111. The number of carbonyl (C=O) groups excluding carboxylic acids is 1. The van der Waals surface area contributed by atoms with Gasteiger partial charge in [-0.05, 0) is 36.8 Å². The number of esters is 1. The summed E-state index contributed by atoms with van der Waals surface area (Å²) in [6.07, 6.45) is 0. The molecule has 0 unspecified atom stereocenters. The molecule has 0 spiro atoms. The molecule has 0 bridgehead atoms. The molecule has 138 valence electrons. The van der Waals surface area contributed by atoms with Crippen LogP contribution in [0, 0.1) is 22.9 Å². The molecule has 0 saturated heterocycles. The second-order valence-electron chi connectivity index (χ2n) is 5.56. The summed E-state index contributed by atoms with van der Waals surface area (Å²) in [6.45, 7) is 1.36. The van der Waals surface area contributed by atoms with E-state index in [-0.39, 0.29) is 39.9 Å². The lowest BCUT2D eigenvalue weighted by Gasteiger charge is -2.07. The number of non-ortho nitro benzene ring substituents is 1. The monoisotopic (exact) mass is 390 g/mol. The third-order valence-electron chi connectivity index (χ3n) is 3.78. The van der Waals surface area contributed by atoms with Crippen molar-refractivity contribution >= 4 is 23.3 Å². The summed E-state index contributed by atoms with van der Waals surface area (Å²) < 4.78 is 24.4. The molecule has 7 nitrogen and oxygen atoms in total. The zero-order valence-corrected chi connectivity index (χ0v) is 14.7. The van der Waals surface area contributed by atoms with E-state index < -0.39 is 16.7 Å². The van der Waals surface area contributed by atoms with Crippen LogP contribution in [-0.4, -0.2) is 16.0 Å². The average molecular weight is 391 g/mol. The third-order valence-corrected chi connectivity index (χ3v) is 4.10. The lowest BCUT2D eigenvalue weighted by molar-refractivity contribution is -0.384. The lowest BCUT2D eigenvalue weighted by Crippen LogP contribution is -2.08. The standard InChI is InChI=1S/C18H12ClFN2O5/c1-10-15(17(21-27-10)16-13(19)3-2-4-14(16)20)18(23)26-9-11-5-7-12(8-6-11)22(24)25/h2-8H,9H2,1H3. The van der Waals surface area contributed by atoms with Crippen molar-refractivity contribution in [3.05, 3.63) is 80.3 Å². The minimum atomic E-state index is -0.776. The summed E-state index contributed by atoms with van der Waals surface area (Å²) in [5.41, 5.74) is 0.330. The molecule has 1 aromatic heterocycles. The van der Waals surface area contributed by atoms with Gasteiger partial charge in [-0.25, -0.2) is 9.18 Å². The Balaban J connectivity index is 1.83. The Morgan fingerprint density at radius 1 is 1.30 bits per heavy atom. The van der Waals surface area contributed by atoms with Gasteiger partial charge in [-0.1, -0.05) is 22.8 Å². The van der Waals surface area contributed by atoms with E-state index in [9.17, 15) is 19.3 Å². The summed E-state index contributed by atoms with van der Waals surface area (Å²) in [4.78, 5) is 22.6. The molecule has 2 aromatic carbocycles. The second kappa shape index (κ2) is 7.55. The molecule has 9 heteroatoms. The maximum atomic E-state index is 14.2. The predicted molar refractivity (Wildman–Crippen MR) is 93.9 cm³/mol. The van der Waals surface area contributed by atoms with Crippen molar-refractivity contribution in [3.8, 4) is 11.3 Å². The summed E-state index contributed by atoms with van der Waals surface area (Å²) in [5, 5.41) is 14.5. The van der Waals surface area contributed by atoms with Crippen LogP contribution in [0.2, 0.25) is 5.02 Å². The molecular formula is C18H12ClFN2O5. The molecule has 1 heterocycles. The van der Waals surface area contributed by atoms with E-state index in [2.05, 4.69) is 5.16 Å². The fourth-order valence-electron chi connectivity index (χ4n) is 2.44. The number of hydrogen-bond donors (Lipinski definition) is 0. The van der Waals surface area contributed by atoms with E-state index >= 15 is 0 Å². The van der Waals surface area contributed by atoms with Gasteiger partial charge < -0.3 is 9.26 Å². The number of nitrogens with zero attached hydrogens (tertiary/aromatic N) is 2. The first-order chi connectivity index (χ1) is 12.9.